The molecule has 1 aliphatic carbocycles. The maximum Gasteiger partial charge on any atom is 0.334 e. The minimum atomic E-state index is -0.220. The molecule has 0 fully saturated rings. The van der Waals surface area contributed by atoms with Gasteiger partial charge in [-0.05, 0) is 42.2 Å². The lowest BCUT2D eigenvalue weighted by Crippen LogP contribution is -2.13. The normalized spacial score (nSPS) is 16.3. The van der Waals surface area contributed by atoms with Crippen molar-refractivity contribution in [1.29, 1.82) is 0 Å². The lowest BCUT2D eigenvalue weighted by Gasteiger charge is -2.18. The lowest BCUT2D eigenvalue weighted by atomic mass is 9.86. The Hall–Kier alpha value is -2.35. The van der Waals surface area contributed by atoms with Gasteiger partial charge in [-0.2, -0.15) is 0 Å². The number of aryl methyl sites for hydroxylation is 1. The van der Waals surface area contributed by atoms with E-state index >= 15 is 0 Å². The monoisotopic (exact) mass is 278 g/mol. The smallest absolute Gasteiger partial charge is 0.334 e. The summed E-state index contributed by atoms with van der Waals surface area (Å²) in [5, 5.41) is 0. The Kier molecular flexibility index (Phi) is 3.61. The highest BCUT2D eigenvalue weighted by Gasteiger charge is 2.32. The summed E-state index contributed by atoms with van der Waals surface area (Å²) < 4.78 is 5.24. The van der Waals surface area contributed by atoms with Crippen LogP contribution in [0.25, 0.3) is 6.08 Å². The third kappa shape index (κ3) is 2.38. The number of hydrogen-bond acceptors (Lipinski definition) is 2. The summed E-state index contributed by atoms with van der Waals surface area (Å²) in [4.78, 5) is 12.3. The van der Waals surface area contributed by atoms with Gasteiger partial charge in [-0.15, -0.1) is 0 Å². The van der Waals surface area contributed by atoms with Crippen LogP contribution in [-0.2, 0) is 9.53 Å². The molecule has 2 aromatic rings. The molecule has 0 amide bonds. The van der Waals surface area contributed by atoms with Crippen LogP contribution in [-0.4, -0.2) is 12.6 Å². The molecule has 0 spiro atoms. The Labute approximate surface area is 125 Å². The second-order valence-electron chi connectivity index (χ2n) is 5.24. The van der Waals surface area contributed by atoms with Gasteiger partial charge in [0.15, 0.2) is 0 Å². The van der Waals surface area contributed by atoms with E-state index in [9.17, 15) is 4.79 Å². The van der Waals surface area contributed by atoms with Crippen molar-refractivity contribution < 1.29 is 9.53 Å². The molecule has 1 aliphatic rings. The molecule has 1 unspecified atom stereocenters. The van der Waals surface area contributed by atoms with Gasteiger partial charge in [-0.25, -0.2) is 4.79 Å². The first kappa shape index (κ1) is 13.6. The summed E-state index contributed by atoms with van der Waals surface area (Å²) in [6.07, 6.45) is 1.97. The van der Waals surface area contributed by atoms with Crippen LogP contribution in [0.2, 0.25) is 0 Å². The van der Waals surface area contributed by atoms with Crippen molar-refractivity contribution in [2.45, 2.75) is 19.8 Å². The zero-order valence-electron chi connectivity index (χ0n) is 12.3. The molecule has 0 aliphatic heterocycles. The van der Waals surface area contributed by atoms with Crippen molar-refractivity contribution in [1.82, 2.24) is 0 Å². The minimum Gasteiger partial charge on any atom is -0.463 e. The first-order valence-electron chi connectivity index (χ1n) is 7.25. The van der Waals surface area contributed by atoms with Crippen molar-refractivity contribution in [2.24, 2.45) is 0 Å². The fourth-order valence-electron chi connectivity index (χ4n) is 3.01. The number of benzene rings is 2. The van der Waals surface area contributed by atoms with Gasteiger partial charge >= 0.3 is 5.97 Å². The van der Waals surface area contributed by atoms with Crippen LogP contribution in [0.15, 0.2) is 54.1 Å². The van der Waals surface area contributed by atoms with E-state index in [-0.39, 0.29) is 11.9 Å². The summed E-state index contributed by atoms with van der Waals surface area (Å²) in [6.45, 7) is 4.33. The predicted molar refractivity (Wildman–Crippen MR) is 84.1 cm³/mol. The lowest BCUT2D eigenvalue weighted by molar-refractivity contribution is -0.138. The number of hydrogen-bond donors (Lipinski definition) is 0. The number of fused-ring (bicyclic) bond motifs is 1. The van der Waals surface area contributed by atoms with Gasteiger partial charge in [0.05, 0.1) is 6.61 Å². The van der Waals surface area contributed by atoms with Crippen LogP contribution < -0.4 is 0 Å². The molecular weight excluding hydrogens is 260 g/mol. The molecule has 1 atom stereocenters. The van der Waals surface area contributed by atoms with Gasteiger partial charge in [0.1, 0.15) is 0 Å². The average molecular weight is 278 g/mol. The Bertz CT molecular complexity index is 699. The molecule has 0 N–H and O–H groups in total. The van der Waals surface area contributed by atoms with Crippen LogP contribution in [0.3, 0.4) is 0 Å². The molecule has 2 heteroatoms. The van der Waals surface area contributed by atoms with Crippen molar-refractivity contribution >= 4 is 12.0 Å². The zero-order valence-corrected chi connectivity index (χ0v) is 12.3. The largest absolute Gasteiger partial charge is 0.463 e. The topological polar surface area (TPSA) is 26.3 Å². The van der Waals surface area contributed by atoms with Crippen LogP contribution in [0.5, 0.6) is 0 Å². The highest BCUT2D eigenvalue weighted by Crippen LogP contribution is 2.42. The molecular formula is C19H18O2. The average Bonchev–Trinajstić information content (AvgIpc) is 2.89. The van der Waals surface area contributed by atoms with Crippen LogP contribution in [0.1, 0.15) is 35.1 Å². The Balaban J connectivity index is 2.13. The third-order valence-corrected chi connectivity index (χ3v) is 3.91. The fraction of sp³-hybridized carbons (Fsp3) is 0.211. The first-order valence-corrected chi connectivity index (χ1v) is 7.25. The van der Waals surface area contributed by atoms with E-state index in [0.717, 1.165) is 16.7 Å². The van der Waals surface area contributed by atoms with Crippen molar-refractivity contribution in [3.63, 3.8) is 0 Å². The number of ether oxygens (including phenoxy) is 1. The SMILES string of the molecule is CCOC(=O)C1=Cc2cccc(C)c2C1c1ccccc1. The van der Waals surface area contributed by atoms with E-state index in [0.29, 0.717) is 6.61 Å². The molecule has 0 saturated carbocycles. The molecule has 2 aromatic carbocycles. The van der Waals surface area contributed by atoms with Gasteiger partial charge in [-0.1, -0.05) is 48.5 Å². The molecule has 106 valence electrons. The van der Waals surface area contributed by atoms with Crippen LogP contribution >= 0.6 is 0 Å². The molecule has 0 aromatic heterocycles. The van der Waals surface area contributed by atoms with E-state index < -0.39 is 0 Å². The van der Waals surface area contributed by atoms with E-state index in [2.05, 4.69) is 31.2 Å². The zero-order chi connectivity index (χ0) is 14.8. The number of carbonyl (C=O) groups excluding carboxylic acids is 1. The summed E-state index contributed by atoms with van der Waals surface area (Å²) >= 11 is 0. The minimum absolute atomic E-state index is 0.0264. The number of rotatable bonds is 3. The molecule has 2 nitrogen and oxygen atoms in total. The summed E-state index contributed by atoms with van der Waals surface area (Å²) in [7, 11) is 0. The Morgan fingerprint density at radius 1 is 1.10 bits per heavy atom. The molecule has 0 bridgehead atoms. The van der Waals surface area contributed by atoms with E-state index in [1.54, 1.807) is 0 Å². The molecule has 0 saturated heterocycles. The van der Waals surface area contributed by atoms with Gasteiger partial charge in [0.2, 0.25) is 0 Å². The fourth-order valence-corrected chi connectivity index (χ4v) is 3.01. The Morgan fingerprint density at radius 3 is 2.57 bits per heavy atom. The molecule has 0 heterocycles. The number of esters is 1. The molecule has 3 rings (SSSR count). The standard InChI is InChI=1S/C19H18O2/c1-3-21-19(20)16-12-15-11-7-8-13(2)17(15)18(16)14-9-5-4-6-10-14/h4-12,18H,3H2,1-2H3. The van der Waals surface area contributed by atoms with E-state index in [4.69, 9.17) is 4.74 Å². The third-order valence-electron chi connectivity index (χ3n) is 3.91. The van der Waals surface area contributed by atoms with Gasteiger partial charge in [-0.3, -0.25) is 0 Å². The predicted octanol–water partition coefficient (Wildman–Crippen LogP) is 4.09. The number of carbonyl (C=O) groups is 1. The highest BCUT2D eigenvalue weighted by atomic mass is 16.5. The van der Waals surface area contributed by atoms with Crippen molar-refractivity contribution in [3.05, 3.63) is 76.4 Å². The van der Waals surface area contributed by atoms with E-state index in [1.807, 2.05) is 37.3 Å². The maximum absolute atomic E-state index is 12.3. The van der Waals surface area contributed by atoms with Crippen molar-refractivity contribution in [2.75, 3.05) is 6.61 Å². The summed E-state index contributed by atoms with van der Waals surface area (Å²) in [5.74, 6) is -0.247. The first-order chi connectivity index (χ1) is 10.2. The second kappa shape index (κ2) is 5.57. The maximum atomic E-state index is 12.3. The quantitative estimate of drug-likeness (QED) is 0.791. The van der Waals surface area contributed by atoms with E-state index in [1.165, 1.54) is 11.1 Å². The molecule has 21 heavy (non-hydrogen) atoms. The second-order valence-corrected chi connectivity index (χ2v) is 5.24. The Morgan fingerprint density at radius 2 is 1.86 bits per heavy atom. The van der Waals surface area contributed by atoms with Gasteiger partial charge in [0.25, 0.3) is 0 Å². The van der Waals surface area contributed by atoms with Crippen molar-refractivity contribution in [3.8, 4) is 0 Å². The van der Waals surface area contributed by atoms with Gasteiger partial charge in [0, 0.05) is 11.5 Å². The molecule has 0 radical (unpaired) electrons. The van der Waals surface area contributed by atoms with Crippen LogP contribution in [0.4, 0.5) is 0 Å². The highest BCUT2D eigenvalue weighted by molar-refractivity contribution is 5.99. The summed E-state index contributed by atoms with van der Waals surface area (Å²) in [5.41, 5.74) is 5.40. The summed E-state index contributed by atoms with van der Waals surface area (Å²) in [6, 6.07) is 16.3. The van der Waals surface area contributed by atoms with Crippen LogP contribution in [0, 0.1) is 6.92 Å². The van der Waals surface area contributed by atoms with Gasteiger partial charge < -0.3 is 4.74 Å².